The van der Waals surface area contributed by atoms with E-state index in [1.807, 2.05) is 0 Å². The zero-order valence-corrected chi connectivity index (χ0v) is 12.1. The predicted octanol–water partition coefficient (Wildman–Crippen LogP) is 3.19. The summed E-state index contributed by atoms with van der Waals surface area (Å²) in [4.78, 5) is 11.1. The first-order valence-electron chi connectivity index (χ1n) is 6.45. The summed E-state index contributed by atoms with van der Waals surface area (Å²) in [5.74, 6) is -4.87. The Balaban J connectivity index is 4.35. The van der Waals surface area contributed by atoms with Gasteiger partial charge in [0.05, 0.1) is 19.1 Å². The standard InChI is InChI=1S/C12H18F6O4/c1-8(2)9(19)21-6-3-7-22-10(20,12(16,17)18)4-5-11(13,14)15/h8,20H,3-7H2,1-2H3. The highest BCUT2D eigenvalue weighted by molar-refractivity contribution is 5.71. The monoisotopic (exact) mass is 340 g/mol. The van der Waals surface area contributed by atoms with Crippen LogP contribution in [0.5, 0.6) is 0 Å². The molecule has 0 aliphatic carbocycles. The van der Waals surface area contributed by atoms with E-state index in [2.05, 4.69) is 9.47 Å². The number of ether oxygens (including phenoxy) is 2. The lowest BCUT2D eigenvalue weighted by Gasteiger charge is -2.30. The van der Waals surface area contributed by atoms with Crippen LogP contribution in [0, 0.1) is 5.92 Å². The largest absolute Gasteiger partial charge is 0.465 e. The van der Waals surface area contributed by atoms with Crippen LogP contribution in [-0.2, 0) is 14.3 Å². The topological polar surface area (TPSA) is 55.8 Å². The van der Waals surface area contributed by atoms with Gasteiger partial charge in [-0.25, -0.2) is 0 Å². The summed E-state index contributed by atoms with van der Waals surface area (Å²) >= 11 is 0. The molecule has 0 amide bonds. The number of hydrogen-bond donors (Lipinski definition) is 1. The van der Waals surface area contributed by atoms with Crippen molar-refractivity contribution in [3.8, 4) is 0 Å². The maximum absolute atomic E-state index is 12.6. The number of rotatable bonds is 8. The first-order chi connectivity index (χ1) is 9.78. The van der Waals surface area contributed by atoms with Crippen molar-refractivity contribution in [1.29, 1.82) is 0 Å². The number of esters is 1. The highest BCUT2D eigenvalue weighted by Crippen LogP contribution is 2.38. The fourth-order valence-corrected chi connectivity index (χ4v) is 1.25. The molecule has 0 heterocycles. The molecule has 0 saturated carbocycles. The van der Waals surface area contributed by atoms with E-state index in [1.54, 1.807) is 13.8 Å². The average molecular weight is 340 g/mol. The van der Waals surface area contributed by atoms with Crippen molar-refractivity contribution >= 4 is 5.97 Å². The van der Waals surface area contributed by atoms with Crippen LogP contribution in [0.15, 0.2) is 0 Å². The third-order valence-corrected chi connectivity index (χ3v) is 2.54. The Morgan fingerprint density at radius 1 is 1.05 bits per heavy atom. The molecular formula is C12H18F6O4. The van der Waals surface area contributed by atoms with Gasteiger partial charge in [-0.3, -0.25) is 4.79 Å². The number of carbonyl (C=O) groups is 1. The van der Waals surface area contributed by atoms with Crippen LogP contribution >= 0.6 is 0 Å². The molecule has 0 aromatic carbocycles. The summed E-state index contributed by atoms with van der Waals surface area (Å²) in [5.41, 5.74) is 0. The van der Waals surface area contributed by atoms with E-state index in [1.165, 1.54) is 0 Å². The second-order valence-corrected chi connectivity index (χ2v) is 4.92. The summed E-state index contributed by atoms with van der Waals surface area (Å²) < 4.78 is 82.6. The number of carbonyl (C=O) groups excluding carboxylic acids is 1. The molecule has 0 aliphatic heterocycles. The summed E-state index contributed by atoms with van der Waals surface area (Å²) in [7, 11) is 0. The molecule has 0 bridgehead atoms. The van der Waals surface area contributed by atoms with E-state index in [0.717, 1.165) is 0 Å². The molecular weight excluding hydrogens is 322 g/mol. The minimum Gasteiger partial charge on any atom is -0.465 e. The van der Waals surface area contributed by atoms with Gasteiger partial charge in [0, 0.05) is 19.3 Å². The minimum atomic E-state index is -5.37. The van der Waals surface area contributed by atoms with Crippen molar-refractivity contribution in [2.75, 3.05) is 13.2 Å². The molecule has 0 radical (unpaired) electrons. The third kappa shape index (κ3) is 7.83. The number of hydrogen-bond acceptors (Lipinski definition) is 4. The molecule has 0 aromatic rings. The van der Waals surface area contributed by atoms with Gasteiger partial charge in [-0.05, 0) is 0 Å². The molecule has 1 atom stereocenters. The zero-order chi connectivity index (χ0) is 17.6. The molecule has 132 valence electrons. The molecule has 22 heavy (non-hydrogen) atoms. The summed E-state index contributed by atoms with van der Waals surface area (Å²) in [6.07, 6.45) is -13.9. The Morgan fingerprint density at radius 2 is 1.59 bits per heavy atom. The van der Waals surface area contributed by atoms with Gasteiger partial charge in [0.2, 0.25) is 0 Å². The number of aliphatic hydroxyl groups is 1. The van der Waals surface area contributed by atoms with E-state index < -0.39 is 49.5 Å². The van der Waals surface area contributed by atoms with Crippen LogP contribution in [0.4, 0.5) is 26.3 Å². The van der Waals surface area contributed by atoms with Gasteiger partial charge in [-0.1, -0.05) is 13.8 Å². The molecule has 0 fully saturated rings. The minimum absolute atomic E-state index is 0.192. The van der Waals surface area contributed by atoms with Crippen molar-refractivity contribution in [3.63, 3.8) is 0 Å². The van der Waals surface area contributed by atoms with Gasteiger partial charge in [-0.2, -0.15) is 26.3 Å². The lowest BCUT2D eigenvalue weighted by molar-refractivity contribution is -0.372. The van der Waals surface area contributed by atoms with E-state index in [4.69, 9.17) is 0 Å². The molecule has 0 saturated heterocycles. The quantitative estimate of drug-likeness (QED) is 0.319. The number of halogens is 6. The molecule has 4 nitrogen and oxygen atoms in total. The summed E-state index contributed by atoms with van der Waals surface area (Å²) in [6, 6.07) is 0. The Hall–Kier alpha value is -1.03. The van der Waals surface area contributed by atoms with E-state index >= 15 is 0 Å². The molecule has 0 rings (SSSR count). The highest BCUT2D eigenvalue weighted by atomic mass is 19.4. The van der Waals surface area contributed by atoms with E-state index in [-0.39, 0.29) is 13.0 Å². The third-order valence-electron chi connectivity index (χ3n) is 2.54. The van der Waals surface area contributed by atoms with E-state index in [9.17, 15) is 36.2 Å². The lowest BCUT2D eigenvalue weighted by Crippen LogP contribution is -2.48. The van der Waals surface area contributed by atoms with Gasteiger partial charge >= 0.3 is 18.3 Å². The van der Waals surface area contributed by atoms with Crippen molar-refractivity contribution in [1.82, 2.24) is 0 Å². The van der Waals surface area contributed by atoms with Crippen LogP contribution < -0.4 is 0 Å². The fraction of sp³-hybridized carbons (Fsp3) is 0.917. The Bertz CT molecular complexity index is 353. The summed E-state index contributed by atoms with van der Waals surface area (Å²) in [5, 5.41) is 9.25. The van der Waals surface area contributed by atoms with Gasteiger partial charge < -0.3 is 14.6 Å². The number of alkyl halides is 6. The maximum Gasteiger partial charge on any atom is 0.443 e. The molecule has 10 heteroatoms. The second-order valence-electron chi connectivity index (χ2n) is 4.92. The predicted molar refractivity (Wildman–Crippen MR) is 62.7 cm³/mol. The van der Waals surface area contributed by atoms with Gasteiger partial charge in [0.15, 0.2) is 0 Å². The Kier molecular flexibility index (Phi) is 7.63. The van der Waals surface area contributed by atoms with Crippen LogP contribution in [0.2, 0.25) is 0 Å². The SMILES string of the molecule is CC(C)C(=O)OCCCOC(O)(CCC(F)(F)F)C(F)(F)F. The van der Waals surface area contributed by atoms with Gasteiger partial charge in [0.1, 0.15) is 0 Å². The molecule has 0 aromatic heterocycles. The normalized spacial score (nSPS) is 15.7. The van der Waals surface area contributed by atoms with Crippen molar-refractivity contribution in [2.24, 2.45) is 5.92 Å². The molecule has 1 N–H and O–H groups in total. The maximum atomic E-state index is 12.6. The van der Waals surface area contributed by atoms with Crippen LogP contribution in [0.3, 0.4) is 0 Å². The Morgan fingerprint density at radius 3 is 2.00 bits per heavy atom. The van der Waals surface area contributed by atoms with Gasteiger partial charge in [-0.15, -0.1) is 0 Å². The second kappa shape index (κ2) is 8.00. The van der Waals surface area contributed by atoms with Crippen molar-refractivity contribution in [3.05, 3.63) is 0 Å². The molecule has 0 spiro atoms. The van der Waals surface area contributed by atoms with Crippen LogP contribution in [0.25, 0.3) is 0 Å². The fourth-order valence-electron chi connectivity index (χ4n) is 1.25. The smallest absolute Gasteiger partial charge is 0.443 e. The van der Waals surface area contributed by atoms with Crippen molar-refractivity contribution in [2.45, 2.75) is 51.2 Å². The first-order valence-corrected chi connectivity index (χ1v) is 6.45. The van der Waals surface area contributed by atoms with Gasteiger partial charge in [0.25, 0.3) is 5.79 Å². The van der Waals surface area contributed by atoms with Crippen LogP contribution in [-0.4, -0.2) is 42.4 Å². The van der Waals surface area contributed by atoms with Crippen LogP contribution in [0.1, 0.15) is 33.1 Å². The van der Waals surface area contributed by atoms with Crippen molar-refractivity contribution < 1.29 is 45.7 Å². The summed E-state index contributed by atoms with van der Waals surface area (Å²) in [6.45, 7) is 2.14. The molecule has 0 aliphatic rings. The Labute approximate surface area is 123 Å². The molecule has 1 unspecified atom stereocenters. The van der Waals surface area contributed by atoms with E-state index in [0.29, 0.717) is 0 Å². The average Bonchev–Trinajstić information content (AvgIpc) is 2.33. The first kappa shape index (κ1) is 21.0. The lowest BCUT2D eigenvalue weighted by atomic mass is 10.1. The highest BCUT2D eigenvalue weighted by Gasteiger charge is 2.56. The zero-order valence-electron chi connectivity index (χ0n) is 12.1.